The lowest BCUT2D eigenvalue weighted by Gasteiger charge is -2.30. The third-order valence-corrected chi connectivity index (χ3v) is 5.02. The molecule has 3 aromatic rings. The fraction of sp³-hybridized carbons (Fsp3) is 0.450. The summed E-state index contributed by atoms with van der Waals surface area (Å²) >= 11 is 0. The van der Waals surface area contributed by atoms with Crippen LogP contribution in [0, 0.1) is 12.7 Å². The number of benzene rings is 1. The number of amides is 1. The first kappa shape index (κ1) is 19.2. The predicted octanol–water partition coefficient (Wildman–Crippen LogP) is 3.07. The molecule has 1 fully saturated rings. The van der Waals surface area contributed by atoms with Crippen molar-refractivity contribution < 1.29 is 13.7 Å². The van der Waals surface area contributed by atoms with Crippen LogP contribution in [0.2, 0.25) is 0 Å². The van der Waals surface area contributed by atoms with Crippen molar-refractivity contribution in [1.29, 1.82) is 0 Å². The summed E-state index contributed by atoms with van der Waals surface area (Å²) in [5.74, 6) is 1.12. The number of nitrogens with zero attached hydrogens (tertiary/aromatic N) is 6. The van der Waals surface area contributed by atoms with Gasteiger partial charge in [-0.1, -0.05) is 24.2 Å². The van der Waals surface area contributed by atoms with E-state index in [0.29, 0.717) is 42.7 Å². The van der Waals surface area contributed by atoms with E-state index in [4.69, 9.17) is 4.52 Å². The fourth-order valence-corrected chi connectivity index (χ4v) is 3.62. The maximum atomic E-state index is 14.3. The molecule has 1 aromatic carbocycles. The van der Waals surface area contributed by atoms with Crippen molar-refractivity contribution >= 4 is 5.91 Å². The lowest BCUT2D eigenvalue weighted by molar-refractivity contribution is 0.0683. The highest BCUT2D eigenvalue weighted by Gasteiger charge is 2.31. The van der Waals surface area contributed by atoms with Gasteiger partial charge in [-0.3, -0.25) is 4.79 Å². The molecular formula is C20H23FN6O2. The van der Waals surface area contributed by atoms with E-state index in [9.17, 15) is 9.18 Å². The fourth-order valence-electron chi connectivity index (χ4n) is 3.62. The summed E-state index contributed by atoms with van der Waals surface area (Å²) in [6, 6.07) is 6.36. The molecule has 0 spiro atoms. The Morgan fingerprint density at radius 1 is 1.31 bits per heavy atom. The van der Waals surface area contributed by atoms with Crippen molar-refractivity contribution in [2.45, 2.75) is 45.4 Å². The largest absolute Gasteiger partial charge is 0.339 e. The Labute approximate surface area is 167 Å². The average Bonchev–Trinajstić information content (AvgIpc) is 3.35. The second kappa shape index (κ2) is 8.10. The molecule has 0 unspecified atom stereocenters. The van der Waals surface area contributed by atoms with E-state index in [1.54, 1.807) is 30.0 Å². The first-order valence-electron chi connectivity index (χ1n) is 9.87. The lowest BCUT2D eigenvalue weighted by Crippen LogP contribution is -2.39. The summed E-state index contributed by atoms with van der Waals surface area (Å²) < 4.78 is 21.0. The number of carbonyl (C=O) groups is 1. The van der Waals surface area contributed by atoms with Crippen LogP contribution in [0.3, 0.4) is 0 Å². The second-order valence-electron chi connectivity index (χ2n) is 7.24. The number of aryl methyl sites for hydroxylation is 2. The maximum absolute atomic E-state index is 14.3. The van der Waals surface area contributed by atoms with Crippen molar-refractivity contribution in [2.24, 2.45) is 0 Å². The number of hydrogen-bond donors (Lipinski definition) is 0. The predicted molar refractivity (Wildman–Crippen MR) is 102 cm³/mol. The van der Waals surface area contributed by atoms with Crippen LogP contribution in [0.25, 0.3) is 5.69 Å². The Hall–Kier alpha value is -3.10. The monoisotopic (exact) mass is 398 g/mol. The number of aromatic nitrogens is 5. The van der Waals surface area contributed by atoms with Crippen LogP contribution in [0.5, 0.6) is 0 Å². The van der Waals surface area contributed by atoms with Gasteiger partial charge in [0.25, 0.3) is 5.91 Å². The van der Waals surface area contributed by atoms with E-state index in [0.717, 1.165) is 19.3 Å². The molecule has 9 heteroatoms. The molecule has 8 nitrogen and oxygen atoms in total. The summed E-state index contributed by atoms with van der Waals surface area (Å²) in [5, 5.41) is 8.20. The normalized spacial score (nSPS) is 16.9. The molecular weight excluding hydrogens is 375 g/mol. The summed E-state index contributed by atoms with van der Waals surface area (Å²) in [4.78, 5) is 23.5. The minimum Gasteiger partial charge on any atom is -0.339 e. The van der Waals surface area contributed by atoms with Crippen molar-refractivity contribution in [3.8, 4) is 5.69 Å². The van der Waals surface area contributed by atoms with Crippen LogP contribution in [-0.2, 0) is 6.42 Å². The number of likely N-dealkylation sites (tertiary alicyclic amines) is 1. The van der Waals surface area contributed by atoms with Gasteiger partial charge in [-0.15, -0.1) is 5.10 Å². The third kappa shape index (κ3) is 3.90. The van der Waals surface area contributed by atoms with Crippen LogP contribution in [-0.4, -0.2) is 48.8 Å². The van der Waals surface area contributed by atoms with Gasteiger partial charge in [-0.05, 0) is 38.3 Å². The van der Waals surface area contributed by atoms with Crippen LogP contribution >= 0.6 is 0 Å². The van der Waals surface area contributed by atoms with E-state index < -0.39 is 5.82 Å². The van der Waals surface area contributed by atoms with Gasteiger partial charge in [0.15, 0.2) is 5.82 Å². The SMILES string of the molecule is CCCc1nc(C(=O)N2CCC[C@@H](c3nc(C)no3)C2)nn1-c1ccccc1F. The molecule has 1 aliphatic rings. The second-order valence-corrected chi connectivity index (χ2v) is 7.24. The molecule has 1 amide bonds. The lowest BCUT2D eigenvalue weighted by atomic mass is 9.98. The molecule has 0 bridgehead atoms. The third-order valence-electron chi connectivity index (χ3n) is 5.02. The van der Waals surface area contributed by atoms with Gasteiger partial charge in [0.1, 0.15) is 17.3 Å². The molecule has 0 aliphatic carbocycles. The number of carbonyl (C=O) groups excluding carboxylic acids is 1. The van der Waals surface area contributed by atoms with Gasteiger partial charge in [-0.2, -0.15) is 4.98 Å². The van der Waals surface area contributed by atoms with Gasteiger partial charge in [0, 0.05) is 19.5 Å². The zero-order valence-electron chi connectivity index (χ0n) is 16.5. The molecule has 29 heavy (non-hydrogen) atoms. The zero-order valence-corrected chi connectivity index (χ0v) is 16.5. The van der Waals surface area contributed by atoms with Crippen LogP contribution < -0.4 is 0 Å². The molecule has 0 saturated carbocycles. The van der Waals surface area contributed by atoms with Gasteiger partial charge < -0.3 is 9.42 Å². The van der Waals surface area contributed by atoms with Crippen LogP contribution in [0.4, 0.5) is 4.39 Å². The highest BCUT2D eigenvalue weighted by atomic mass is 19.1. The topological polar surface area (TPSA) is 89.9 Å². The molecule has 3 heterocycles. The molecule has 4 rings (SSSR count). The van der Waals surface area contributed by atoms with E-state index >= 15 is 0 Å². The number of piperidine rings is 1. The first-order valence-corrected chi connectivity index (χ1v) is 9.87. The maximum Gasteiger partial charge on any atom is 0.293 e. The van der Waals surface area contributed by atoms with Crippen molar-refractivity contribution in [2.75, 3.05) is 13.1 Å². The van der Waals surface area contributed by atoms with Crippen LogP contribution in [0.15, 0.2) is 28.8 Å². The molecule has 0 N–H and O–H groups in total. The van der Waals surface area contributed by atoms with Crippen LogP contribution in [0.1, 0.15) is 60.3 Å². The van der Waals surface area contributed by atoms with E-state index in [-0.39, 0.29) is 17.6 Å². The summed E-state index contributed by atoms with van der Waals surface area (Å²) in [6.45, 7) is 4.86. The Balaban J connectivity index is 1.60. The minimum absolute atomic E-state index is 0.00216. The molecule has 1 saturated heterocycles. The number of para-hydroxylation sites is 1. The smallest absolute Gasteiger partial charge is 0.293 e. The Morgan fingerprint density at radius 2 is 2.14 bits per heavy atom. The molecule has 1 atom stereocenters. The molecule has 2 aromatic heterocycles. The highest BCUT2D eigenvalue weighted by Crippen LogP contribution is 2.26. The van der Waals surface area contributed by atoms with Gasteiger partial charge in [-0.25, -0.2) is 14.1 Å². The molecule has 0 radical (unpaired) electrons. The number of halogens is 1. The summed E-state index contributed by atoms with van der Waals surface area (Å²) in [6.07, 6.45) is 3.11. The van der Waals surface area contributed by atoms with Gasteiger partial charge >= 0.3 is 0 Å². The number of hydrogen-bond acceptors (Lipinski definition) is 6. The molecule has 1 aliphatic heterocycles. The molecule has 152 valence electrons. The standard InChI is InChI=1S/C20H23FN6O2/c1-3-7-17-23-18(24-27(17)16-10-5-4-9-15(16)21)20(28)26-11-6-8-14(12-26)19-22-13(2)25-29-19/h4-5,9-10,14H,3,6-8,11-12H2,1-2H3/t14-/m1/s1. The minimum atomic E-state index is -0.404. The van der Waals surface area contributed by atoms with Crippen molar-refractivity contribution in [1.82, 2.24) is 29.8 Å². The Bertz CT molecular complexity index is 1010. The average molecular weight is 398 g/mol. The van der Waals surface area contributed by atoms with Crippen molar-refractivity contribution in [3.05, 3.63) is 53.4 Å². The quantitative estimate of drug-likeness (QED) is 0.656. The number of rotatable bonds is 5. The zero-order chi connectivity index (χ0) is 20.4. The van der Waals surface area contributed by atoms with E-state index in [1.807, 2.05) is 6.92 Å². The van der Waals surface area contributed by atoms with E-state index in [1.165, 1.54) is 10.7 Å². The Morgan fingerprint density at radius 3 is 2.86 bits per heavy atom. The summed E-state index contributed by atoms with van der Waals surface area (Å²) in [7, 11) is 0. The summed E-state index contributed by atoms with van der Waals surface area (Å²) in [5.41, 5.74) is 0.292. The van der Waals surface area contributed by atoms with E-state index in [2.05, 4.69) is 20.2 Å². The van der Waals surface area contributed by atoms with Crippen molar-refractivity contribution in [3.63, 3.8) is 0 Å². The highest BCUT2D eigenvalue weighted by molar-refractivity contribution is 5.90. The first-order chi connectivity index (χ1) is 14.1. The van der Waals surface area contributed by atoms with Gasteiger partial charge in [0.05, 0.1) is 5.92 Å². The van der Waals surface area contributed by atoms with Gasteiger partial charge in [0.2, 0.25) is 11.7 Å². The Kier molecular flexibility index (Phi) is 5.37.